The first kappa shape index (κ1) is 19.4. The van der Waals surface area contributed by atoms with Crippen LogP contribution in [0.15, 0.2) is 48.5 Å². The Hall–Kier alpha value is -2.40. The lowest BCUT2D eigenvalue weighted by atomic mass is 9.81. The Morgan fingerprint density at radius 3 is 2.19 bits per heavy atom. The Balaban J connectivity index is 1.80. The highest BCUT2D eigenvalue weighted by atomic mass is 35.5. The van der Waals surface area contributed by atoms with Gasteiger partial charge in [-0.3, -0.25) is 9.59 Å². The van der Waals surface area contributed by atoms with Gasteiger partial charge in [0.15, 0.2) is 0 Å². The molecule has 6 heteroatoms. The van der Waals surface area contributed by atoms with Gasteiger partial charge in [-0.2, -0.15) is 0 Å². The third-order valence-corrected chi connectivity index (χ3v) is 5.33. The first-order valence-electron chi connectivity index (χ1n) is 8.98. The summed E-state index contributed by atoms with van der Waals surface area (Å²) in [5.41, 5.74) is 1.39. The van der Waals surface area contributed by atoms with Gasteiger partial charge in [0.2, 0.25) is 5.91 Å². The van der Waals surface area contributed by atoms with E-state index < -0.39 is 12.0 Å². The molecular weight excluding hydrogens is 369 g/mol. The molecule has 0 aromatic heterocycles. The van der Waals surface area contributed by atoms with E-state index in [-0.39, 0.29) is 23.6 Å². The highest BCUT2D eigenvalue weighted by Gasteiger charge is 2.31. The predicted octanol–water partition coefficient (Wildman–Crippen LogP) is 4.58. The predicted molar refractivity (Wildman–Crippen MR) is 101 cm³/mol. The summed E-state index contributed by atoms with van der Waals surface area (Å²) in [6, 6.07) is 12.7. The van der Waals surface area contributed by atoms with Crippen molar-refractivity contribution < 1.29 is 19.1 Å². The number of rotatable bonds is 5. The van der Waals surface area contributed by atoms with E-state index >= 15 is 0 Å². The van der Waals surface area contributed by atoms with Gasteiger partial charge in [0.25, 0.3) is 0 Å². The molecule has 0 bridgehead atoms. The minimum Gasteiger partial charge on any atom is -0.481 e. The Morgan fingerprint density at radius 2 is 1.59 bits per heavy atom. The van der Waals surface area contributed by atoms with Crippen molar-refractivity contribution in [2.24, 2.45) is 11.8 Å². The quantitative estimate of drug-likeness (QED) is 0.786. The third kappa shape index (κ3) is 4.86. The Bertz CT molecular complexity index is 788. The van der Waals surface area contributed by atoms with Crippen molar-refractivity contribution in [3.05, 3.63) is 70.5 Å². The van der Waals surface area contributed by atoms with E-state index in [9.17, 15) is 14.0 Å². The lowest BCUT2D eigenvalue weighted by Gasteiger charge is -2.28. The molecule has 2 N–H and O–H groups in total. The fourth-order valence-electron chi connectivity index (χ4n) is 3.59. The monoisotopic (exact) mass is 389 g/mol. The largest absolute Gasteiger partial charge is 0.481 e. The van der Waals surface area contributed by atoms with Gasteiger partial charge < -0.3 is 10.4 Å². The maximum Gasteiger partial charge on any atom is 0.306 e. The van der Waals surface area contributed by atoms with E-state index in [1.807, 2.05) is 6.07 Å². The van der Waals surface area contributed by atoms with Gasteiger partial charge in [0, 0.05) is 10.9 Å². The number of hydrogen-bond acceptors (Lipinski definition) is 2. The number of nitrogens with one attached hydrogen (secondary N) is 1. The molecule has 1 unspecified atom stereocenters. The number of hydrogen-bond donors (Lipinski definition) is 2. The van der Waals surface area contributed by atoms with Crippen molar-refractivity contribution in [3.63, 3.8) is 0 Å². The number of carbonyl (C=O) groups is 2. The van der Waals surface area contributed by atoms with E-state index in [0.29, 0.717) is 36.3 Å². The zero-order chi connectivity index (χ0) is 19.4. The molecule has 1 aliphatic rings. The van der Waals surface area contributed by atoms with E-state index in [0.717, 1.165) is 5.56 Å². The van der Waals surface area contributed by atoms with Crippen LogP contribution in [0.5, 0.6) is 0 Å². The van der Waals surface area contributed by atoms with Gasteiger partial charge >= 0.3 is 5.97 Å². The van der Waals surface area contributed by atoms with Crippen LogP contribution in [0, 0.1) is 17.7 Å². The first-order valence-corrected chi connectivity index (χ1v) is 9.36. The van der Waals surface area contributed by atoms with Crippen molar-refractivity contribution >= 4 is 23.5 Å². The molecule has 0 heterocycles. The highest BCUT2D eigenvalue weighted by Crippen LogP contribution is 2.31. The van der Waals surface area contributed by atoms with Crippen LogP contribution in [0.4, 0.5) is 4.39 Å². The van der Waals surface area contributed by atoms with Crippen LogP contribution in [-0.4, -0.2) is 17.0 Å². The summed E-state index contributed by atoms with van der Waals surface area (Å²) in [6.45, 7) is 0. The summed E-state index contributed by atoms with van der Waals surface area (Å²) in [6.07, 6.45) is 2.06. The Morgan fingerprint density at radius 1 is 1.00 bits per heavy atom. The minimum atomic E-state index is -0.801. The Kier molecular flexibility index (Phi) is 6.11. The lowest BCUT2D eigenvalue weighted by Crippen LogP contribution is -2.37. The molecule has 1 amide bonds. The number of carboxylic acids is 1. The molecule has 4 nitrogen and oxygen atoms in total. The molecule has 1 aliphatic carbocycles. The molecular formula is C21H21ClFNO3. The van der Waals surface area contributed by atoms with Crippen LogP contribution in [0.2, 0.25) is 5.02 Å². The maximum atomic E-state index is 13.7. The lowest BCUT2D eigenvalue weighted by molar-refractivity contribution is -0.144. The smallest absolute Gasteiger partial charge is 0.306 e. The second kappa shape index (κ2) is 8.53. The van der Waals surface area contributed by atoms with Crippen LogP contribution in [-0.2, 0) is 9.59 Å². The first-order chi connectivity index (χ1) is 12.9. The molecule has 0 radical (unpaired) electrons. The van der Waals surface area contributed by atoms with Gasteiger partial charge in [0.1, 0.15) is 5.82 Å². The Labute approximate surface area is 162 Å². The fourth-order valence-corrected chi connectivity index (χ4v) is 3.79. The summed E-state index contributed by atoms with van der Waals surface area (Å²) in [5, 5.41) is 12.6. The molecule has 142 valence electrons. The number of benzene rings is 2. The van der Waals surface area contributed by atoms with Crippen LogP contribution in [0.25, 0.3) is 0 Å². The number of aliphatic carboxylic acids is 1. The van der Waals surface area contributed by atoms with Crippen molar-refractivity contribution in [2.45, 2.75) is 31.7 Å². The number of halogens is 2. The molecule has 2 aromatic carbocycles. The summed E-state index contributed by atoms with van der Waals surface area (Å²) in [5.74, 6) is -1.94. The number of amides is 1. The maximum absolute atomic E-state index is 13.7. The van der Waals surface area contributed by atoms with Crippen molar-refractivity contribution in [1.82, 2.24) is 5.32 Å². The standard InChI is InChI=1S/C21H21ClFNO3/c22-17-5-1-3-15(11-17)19(16-4-2-6-18(23)12-16)24-20(25)13-7-9-14(10-8-13)21(26)27/h1-6,11-14,19H,7-10H2,(H,24,25)(H,26,27). The molecule has 1 atom stereocenters. The van der Waals surface area contributed by atoms with Crippen molar-refractivity contribution in [2.75, 3.05) is 0 Å². The van der Waals surface area contributed by atoms with Crippen molar-refractivity contribution in [1.29, 1.82) is 0 Å². The normalized spacial score (nSPS) is 20.7. The molecule has 1 fully saturated rings. The molecule has 1 saturated carbocycles. The molecule has 27 heavy (non-hydrogen) atoms. The van der Waals surface area contributed by atoms with E-state index in [4.69, 9.17) is 16.7 Å². The summed E-state index contributed by atoms with van der Waals surface area (Å²) >= 11 is 6.10. The second-order valence-corrected chi connectivity index (χ2v) is 7.37. The summed E-state index contributed by atoms with van der Waals surface area (Å²) in [4.78, 5) is 23.9. The van der Waals surface area contributed by atoms with Crippen LogP contribution < -0.4 is 5.32 Å². The number of carbonyl (C=O) groups excluding carboxylic acids is 1. The summed E-state index contributed by atoms with van der Waals surface area (Å²) in [7, 11) is 0. The van der Waals surface area contributed by atoms with Crippen LogP contribution in [0.1, 0.15) is 42.9 Å². The highest BCUT2D eigenvalue weighted by molar-refractivity contribution is 6.30. The zero-order valence-corrected chi connectivity index (χ0v) is 15.5. The van der Waals surface area contributed by atoms with E-state index in [1.165, 1.54) is 12.1 Å². The van der Waals surface area contributed by atoms with Gasteiger partial charge in [-0.05, 0) is 61.1 Å². The molecule has 0 spiro atoms. The van der Waals surface area contributed by atoms with Gasteiger partial charge in [0.05, 0.1) is 12.0 Å². The molecule has 2 aromatic rings. The number of carboxylic acid groups (broad SMARTS) is 1. The second-order valence-electron chi connectivity index (χ2n) is 6.94. The van der Waals surface area contributed by atoms with E-state index in [2.05, 4.69) is 5.32 Å². The van der Waals surface area contributed by atoms with Gasteiger partial charge in [-0.25, -0.2) is 4.39 Å². The van der Waals surface area contributed by atoms with Gasteiger partial charge in [-0.15, -0.1) is 0 Å². The van der Waals surface area contributed by atoms with Crippen molar-refractivity contribution in [3.8, 4) is 0 Å². The minimum absolute atomic E-state index is 0.145. The molecule has 0 aliphatic heterocycles. The molecule has 0 saturated heterocycles. The molecule has 3 rings (SSSR count). The third-order valence-electron chi connectivity index (χ3n) is 5.10. The van der Waals surface area contributed by atoms with Gasteiger partial charge in [-0.1, -0.05) is 35.9 Å². The average Bonchev–Trinajstić information content (AvgIpc) is 2.66. The van der Waals surface area contributed by atoms with E-state index in [1.54, 1.807) is 30.3 Å². The fraction of sp³-hybridized carbons (Fsp3) is 0.333. The van der Waals surface area contributed by atoms with Crippen LogP contribution in [0.3, 0.4) is 0 Å². The summed E-state index contributed by atoms with van der Waals surface area (Å²) < 4.78 is 13.7. The average molecular weight is 390 g/mol. The zero-order valence-electron chi connectivity index (χ0n) is 14.7. The SMILES string of the molecule is O=C(O)C1CCC(C(=O)NC(c2cccc(F)c2)c2cccc(Cl)c2)CC1. The topological polar surface area (TPSA) is 66.4 Å². The van der Waals surface area contributed by atoms with Crippen LogP contribution >= 0.6 is 11.6 Å².